The van der Waals surface area contributed by atoms with Crippen molar-refractivity contribution in [2.75, 3.05) is 0 Å². The topological polar surface area (TPSA) is 95.7 Å². The highest BCUT2D eigenvalue weighted by Crippen LogP contribution is 2.41. The second-order valence-electron chi connectivity index (χ2n) is 15.6. The lowest BCUT2D eigenvalue weighted by molar-refractivity contribution is 0.666. The Hall–Kier alpha value is -8.75. The number of hydrogen-bond donors (Lipinski definition) is 0. The lowest BCUT2D eigenvalue weighted by Crippen LogP contribution is -2.06. The smallest absolute Gasteiger partial charge is 0.238 e. The Morgan fingerprint density at radius 2 is 0.968 bits per heavy atom. The number of nitrogens with zero attached hydrogens (tertiary/aromatic N) is 6. The molecular weight excluding hydrogens is 777 g/mol. The van der Waals surface area contributed by atoms with Crippen LogP contribution in [0.15, 0.2) is 203 Å². The van der Waals surface area contributed by atoms with Gasteiger partial charge in [-0.25, -0.2) is 15.0 Å². The van der Waals surface area contributed by atoms with E-state index in [1.54, 1.807) is 0 Å². The second kappa shape index (κ2) is 13.9. The van der Waals surface area contributed by atoms with Crippen molar-refractivity contribution in [2.24, 2.45) is 0 Å². The van der Waals surface area contributed by atoms with Crippen LogP contribution in [0, 0.1) is 0 Å². The van der Waals surface area contributed by atoms with Crippen LogP contribution in [0.1, 0.15) is 0 Å². The molecule has 0 saturated carbocycles. The lowest BCUT2D eigenvalue weighted by atomic mass is 9.99. The number of hydrogen-bond acceptors (Lipinski definition) is 7. The molecule has 8 heteroatoms. The maximum Gasteiger partial charge on any atom is 0.238 e. The molecule has 0 fully saturated rings. The second-order valence-corrected chi connectivity index (χ2v) is 15.6. The molecule has 0 unspecified atom stereocenters. The number of para-hydroxylation sites is 3. The molecule has 5 heterocycles. The minimum atomic E-state index is 0.524. The van der Waals surface area contributed by atoms with Crippen LogP contribution in [-0.2, 0) is 0 Å². The predicted molar refractivity (Wildman–Crippen MR) is 251 cm³/mol. The van der Waals surface area contributed by atoms with Crippen LogP contribution in [0.3, 0.4) is 0 Å². The minimum Gasteiger partial charge on any atom is -0.455 e. The van der Waals surface area contributed by atoms with E-state index >= 15 is 0 Å². The van der Waals surface area contributed by atoms with E-state index in [0.29, 0.717) is 40.2 Å². The molecule has 8 nitrogen and oxygen atoms in total. The van der Waals surface area contributed by atoms with Gasteiger partial charge in [0.1, 0.15) is 28.0 Å². The van der Waals surface area contributed by atoms with Crippen LogP contribution in [0.2, 0.25) is 0 Å². The van der Waals surface area contributed by atoms with Gasteiger partial charge >= 0.3 is 0 Å². The van der Waals surface area contributed by atoms with Crippen LogP contribution in [0.25, 0.3) is 128 Å². The molecular formula is C55H32N6O2. The zero-order valence-corrected chi connectivity index (χ0v) is 33.5. The maximum atomic E-state index is 6.83. The van der Waals surface area contributed by atoms with Crippen LogP contribution in [-0.4, -0.2) is 29.5 Å². The largest absolute Gasteiger partial charge is 0.455 e. The van der Waals surface area contributed by atoms with E-state index in [0.717, 1.165) is 88.1 Å². The number of rotatable bonds is 6. The SMILES string of the molecule is c1ccc(-c2nc(-c3ccc4c(c3)oc3c(-c5nc(-c6ccccc6)c6oc7ccccc7c6n5)cccc34)nc(-n3c4ccccc4c4c(-c5ccccc5)cccc43)n2)cc1. The molecule has 0 radical (unpaired) electrons. The third-order valence-corrected chi connectivity index (χ3v) is 11.9. The Balaban J connectivity index is 1.00. The highest BCUT2D eigenvalue weighted by molar-refractivity contribution is 6.16. The van der Waals surface area contributed by atoms with Crippen LogP contribution < -0.4 is 0 Å². The zero-order chi connectivity index (χ0) is 41.4. The van der Waals surface area contributed by atoms with E-state index < -0.39 is 0 Å². The summed E-state index contributed by atoms with van der Waals surface area (Å²) in [4.78, 5) is 25.9. The normalized spacial score (nSPS) is 11.8. The lowest BCUT2D eigenvalue weighted by Gasteiger charge is -2.11. The van der Waals surface area contributed by atoms with Crippen molar-refractivity contribution in [1.29, 1.82) is 0 Å². The van der Waals surface area contributed by atoms with Gasteiger partial charge in [-0.3, -0.25) is 4.57 Å². The summed E-state index contributed by atoms with van der Waals surface area (Å²) in [6, 6.07) is 65.8. The summed E-state index contributed by atoms with van der Waals surface area (Å²) >= 11 is 0. The maximum absolute atomic E-state index is 6.83. The fourth-order valence-corrected chi connectivity index (χ4v) is 9.02. The fourth-order valence-electron chi connectivity index (χ4n) is 9.02. The molecule has 0 aliphatic heterocycles. The van der Waals surface area contributed by atoms with Crippen molar-refractivity contribution in [3.63, 3.8) is 0 Å². The molecule has 0 amide bonds. The molecule has 0 aliphatic rings. The van der Waals surface area contributed by atoms with E-state index in [1.807, 2.05) is 109 Å². The van der Waals surface area contributed by atoms with Crippen LogP contribution in [0.5, 0.6) is 0 Å². The molecule has 63 heavy (non-hydrogen) atoms. The molecule has 0 bridgehead atoms. The number of fused-ring (bicyclic) bond motifs is 9. The first-order chi connectivity index (χ1) is 31.2. The summed E-state index contributed by atoms with van der Waals surface area (Å²) in [5, 5.41) is 5.11. The third kappa shape index (κ3) is 5.58. The third-order valence-electron chi connectivity index (χ3n) is 11.9. The summed E-state index contributed by atoms with van der Waals surface area (Å²) in [6.07, 6.45) is 0. The van der Waals surface area contributed by atoms with Gasteiger partial charge in [-0.1, -0.05) is 152 Å². The van der Waals surface area contributed by atoms with Gasteiger partial charge in [0.15, 0.2) is 23.1 Å². The zero-order valence-electron chi connectivity index (χ0n) is 33.5. The van der Waals surface area contributed by atoms with Gasteiger partial charge in [-0.2, -0.15) is 9.97 Å². The van der Waals surface area contributed by atoms with Crippen LogP contribution in [0.4, 0.5) is 0 Å². The van der Waals surface area contributed by atoms with Gasteiger partial charge in [0, 0.05) is 43.6 Å². The minimum absolute atomic E-state index is 0.524. The summed E-state index contributed by atoms with van der Waals surface area (Å²) in [7, 11) is 0. The Labute approximate surface area is 359 Å². The number of furan rings is 2. The van der Waals surface area contributed by atoms with Crippen molar-refractivity contribution in [3.05, 3.63) is 194 Å². The number of benzene rings is 8. The van der Waals surface area contributed by atoms with E-state index in [4.69, 9.17) is 33.8 Å². The Bertz CT molecular complexity index is 3910. The quantitative estimate of drug-likeness (QED) is 0.165. The van der Waals surface area contributed by atoms with Crippen molar-refractivity contribution in [1.82, 2.24) is 29.5 Å². The van der Waals surface area contributed by atoms with E-state index in [-0.39, 0.29) is 0 Å². The Morgan fingerprint density at radius 3 is 1.78 bits per heavy atom. The van der Waals surface area contributed by atoms with E-state index in [2.05, 4.69) is 89.5 Å². The van der Waals surface area contributed by atoms with Crippen molar-refractivity contribution < 1.29 is 8.83 Å². The summed E-state index contributed by atoms with van der Waals surface area (Å²) in [5.74, 6) is 2.17. The first kappa shape index (κ1) is 35.0. The molecule has 294 valence electrons. The molecule has 0 N–H and O–H groups in total. The molecule has 0 atom stereocenters. The fraction of sp³-hybridized carbons (Fsp3) is 0. The molecule has 13 rings (SSSR count). The first-order valence-corrected chi connectivity index (χ1v) is 20.8. The van der Waals surface area contributed by atoms with Gasteiger partial charge in [0.05, 0.1) is 16.6 Å². The summed E-state index contributed by atoms with van der Waals surface area (Å²) < 4.78 is 15.4. The Morgan fingerprint density at radius 1 is 0.349 bits per heavy atom. The average Bonchev–Trinajstić information content (AvgIpc) is 4.04. The van der Waals surface area contributed by atoms with Crippen LogP contribution >= 0.6 is 0 Å². The Kier molecular flexibility index (Phi) is 7.74. The molecule has 13 aromatic rings. The highest BCUT2D eigenvalue weighted by atomic mass is 16.3. The van der Waals surface area contributed by atoms with Gasteiger partial charge in [-0.05, 0) is 53.6 Å². The average molecular weight is 809 g/mol. The molecule has 0 spiro atoms. The van der Waals surface area contributed by atoms with Crippen molar-refractivity contribution in [3.8, 4) is 62.5 Å². The van der Waals surface area contributed by atoms with Gasteiger partial charge in [0.2, 0.25) is 5.95 Å². The summed E-state index contributed by atoms with van der Waals surface area (Å²) in [6.45, 7) is 0. The molecule has 0 aliphatic carbocycles. The molecule has 0 saturated heterocycles. The van der Waals surface area contributed by atoms with E-state index in [1.165, 1.54) is 0 Å². The van der Waals surface area contributed by atoms with Crippen molar-refractivity contribution in [2.45, 2.75) is 0 Å². The highest BCUT2D eigenvalue weighted by Gasteiger charge is 2.23. The first-order valence-electron chi connectivity index (χ1n) is 20.8. The van der Waals surface area contributed by atoms with Gasteiger partial charge in [0.25, 0.3) is 0 Å². The predicted octanol–water partition coefficient (Wildman–Crippen LogP) is 13.9. The standard InChI is InChI=1S/C55H32N6O2/c1-4-16-33(17-5-1)37-24-15-28-44-47(37)40-22-10-12-27-43(40)61(44)55-59-52(35-20-8-3-9-21-35)58-53(60-55)36-30-31-38-39-25-14-26-42(50(39)63-46(38)32-36)54-56-48(34-18-6-2-7-19-34)51-49(57-54)41-23-11-13-29-45(41)62-51/h1-32H. The van der Waals surface area contributed by atoms with Gasteiger partial charge in [-0.15, -0.1) is 0 Å². The molecule has 8 aromatic carbocycles. The molecule has 5 aromatic heterocycles. The van der Waals surface area contributed by atoms with Crippen molar-refractivity contribution >= 4 is 65.8 Å². The monoisotopic (exact) mass is 808 g/mol. The van der Waals surface area contributed by atoms with E-state index in [9.17, 15) is 0 Å². The summed E-state index contributed by atoms with van der Waals surface area (Å²) in [5.41, 5.74) is 12.0. The van der Waals surface area contributed by atoms with Gasteiger partial charge < -0.3 is 8.83 Å². The number of aromatic nitrogens is 6.